The average Bonchev–Trinajstić information content (AvgIpc) is 3.39. The van der Waals surface area contributed by atoms with Crippen LogP contribution < -0.4 is 0 Å². The summed E-state index contributed by atoms with van der Waals surface area (Å²) in [7, 11) is 0. The first-order valence-corrected chi connectivity index (χ1v) is 9.56. The van der Waals surface area contributed by atoms with Crippen LogP contribution in [0.5, 0.6) is 0 Å². The van der Waals surface area contributed by atoms with Crippen LogP contribution in [-0.4, -0.2) is 42.6 Å². The molecule has 0 spiro atoms. The second-order valence-electron chi connectivity index (χ2n) is 5.82. The molecule has 0 amide bonds. The number of hydrogen-bond acceptors (Lipinski definition) is 6. The van der Waals surface area contributed by atoms with Gasteiger partial charge in [0.25, 0.3) is 18.2 Å². The molecular formula is C17H12F5N5O2S. The molecule has 0 bridgehead atoms. The van der Waals surface area contributed by atoms with E-state index in [2.05, 4.69) is 15.2 Å². The van der Waals surface area contributed by atoms with Gasteiger partial charge >= 0.3 is 6.18 Å². The first-order valence-electron chi connectivity index (χ1n) is 8.16. The van der Waals surface area contributed by atoms with Crippen LogP contribution in [0.15, 0.2) is 36.9 Å². The minimum atomic E-state index is -5.23. The van der Waals surface area contributed by atoms with Crippen molar-refractivity contribution in [1.82, 2.24) is 24.5 Å². The standard InChI is InChI=1S/C17H12F5N5O2S/c1-30-8-9-10(15(28)26-6-2-4-23-26)12(14(18)19)25-13(17(20,21)22)11(9)16(29)27-7-3-5-24-27/h2-7,14H,8H2,1H3. The SMILES string of the molecule is CSCc1c(C(=O)n2cccn2)c(C(F)F)nc(C(F)(F)F)c1C(=O)n1cccn1. The van der Waals surface area contributed by atoms with Crippen molar-refractivity contribution in [2.45, 2.75) is 18.4 Å². The van der Waals surface area contributed by atoms with Crippen molar-refractivity contribution in [2.24, 2.45) is 0 Å². The van der Waals surface area contributed by atoms with Crippen molar-refractivity contribution in [3.63, 3.8) is 0 Å². The van der Waals surface area contributed by atoms with E-state index in [0.717, 1.165) is 30.4 Å². The number of alkyl halides is 5. The smallest absolute Gasteiger partial charge is 0.267 e. The molecule has 0 aliphatic rings. The summed E-state index contributed by atoms with van der Waals surface area (Å²) < 4.78 is 69.9. The third-order valence-electron chi connectivity index (χ3n) is 3.95. The molecule has 0 aromatic carbocycles. The summed E-state index contributed by atoms with van der Waals surface area (Å²) >= 11 is 0.948. The van der Waals surface area contributed by atoms with E-state index in [-0.39, 0.29) is 5.75 Å². The van der Waals surface area contributed by atoms with Crippen molar-refractivity contribution in [1.29, 1.82) is 0 Å². The fourth-order valence-electron chi connectivity index (χ4n) is 2.78. The molecule has 0 N–H and O–H groups in total. The predicted octanol–water partition coefficient (Wildman–Crippen LogP) is 3.67. The summed E-state index contributed by atoms with van der Waals surface area (Å²) in [5.74, 6) is -2.72. The number of carbonyl (C=O) groups excluding carboxylic acids is 2. The second-order valence-corrected chi connectivity index (χ2v) is 6.68. The lowest BCUT2D eigenvalue weighted by Gasteiger charge is -2.20. The normalized spacial score (nSPS) is 11.8. The zero-order chi connectivity index (χ0) is 22.1. The Morgan fingerprint density at radius 2 is 1.57 bits per heavy atom. The molecule has 3 heterocycles. The molecule has 13 heteroatoms. The van der Waals surface area contributed by atoms with Gasteiger partial charge in [0.05, 0.1) is 11.1 Å². The van der Waals surface area contributed by atoms with E-state index in [9.17, 15) is 31.5 Å². The molecule has 3 rings (SSSR count). The second kappa shape index (κ2) is 8.34. The predicted molar refractivity (Wildman–Crippen MR) is 95.3 cm³/mol. The van der Waals surface area contributed by atoms with Crippen LogP contribution in [0, 0.1) is 0 Å². The largest absolute Gasteiger partial charge is 0.434 e. The molecule has 30 heavy (non-hydrogen) atoms. The van der Waals surface area contributed by atoms with Crippen LogP contribution in [0.4, 0.5) is 22.0 Å². The molecule has 7 nitrogen and oxygen atoms in total. The molecule has 0 atom stereocenters. The molecule has 0 saturated carbocycles. The quantitative estimate of drug-likeness (QED) is 0.558. The van der Waals surface area contributed by atoms with Gasteiger partial charge < -0.3 is 0 Å². The van der Waals surface area contributed by atoms with Gasteiger partial charge in [-0.3, -0.25) is 9.59 Å². The van der Waals surface area contributed by atoms with Gasteiger partial charge in [-0.15, -0.1) is 0 Å². The van der Waals surface area contributed by atoms with Gasteiger partial charge in [0.2, 0.25) is 0 Å². The van der Waals surface area contributed by atoms with Crippen LogP contribution in [-0.2, 0) is 11.9 Å². The van der Waals surface area contributed by atoms with Crippen molar-refractivity contribution in [2.75, 3.05) is 6.26 Å². The summed E-state index contributed by atoms with van der Waals surface area (Å²) in [5.41, 5.74) is -5.50. The molecular weight excluding hydrogens is 433 g/mol. The van der Waals surface area contributed by atoms with E-state index in [0.29, 0.717) is 9.36 Å². The Kier molecular flexibility index (Phi) is 6.01. The van der Waals surface area contributed by atoms with Gasteiger partial charge in [0.15, 0.2) is 5.69 Å². The average molecular weight is 445 g/mol. The van der Waals surface area contributed by atoms with Crippen molar-refractivity contribution in [3.05, 3.63) is 65.0 Å². The maximum absolute atomic E-state index is 13.7. The lowest BCUT2D eigenvalue weighted by Crippen LogP contribution is -2.28. The zero-order valence-electron chi connectivity index (χ0n) is 15.1. The molecule has 0 aliphatic heterocycles. The molecule has 0 aliphatic carbocycles. The fourth-order valence-corrected chi connectivity index (χ4v) is 3.36. The molecule has 0 fully saturated rings. The summed E-state index contributed by atoms with van der Waals surface area (Å²) in [6, 6.07) is 2.64. The molecule has 0 radical (unpaired) electrons. The van der Waals surface area contributed by atoms with Gasteiger partial charge in [-0.1, -0.05) is 0 Å². The molecule has 3 aromatic rings. The highest BCUT2D eigenvalue weighted by molar-refractivity contribution is 7.97. The molecule has 158 valence electrons. The number of thioether (sulfide) groups is 1. The van der Waals surface area contributed by atoms with E-state index in [1.807, 2.05) is 0 Å². The van der Waals surface area contributed by atoms with Crippen LogP contribution in [0.2, 0.25) is 0 Å². The van der Waals surface area contributed by atoms with Crippen molar-refractivity contribution >= 4 is 23.6 Å². The van der Waals surface area contributed by atoms with Gasteiger partial charge in [0.1, 0.15) is 5.69 Å². The Hall–Kier alpha value is -3.09. The Morgan fingerprint density at radius 1 is 1.03 bits per heavy atom. The molecule has 0 unspecified atom stereocenters. The zero-order valence-corrected chi connectivity index (χ0v) is 15.9. The highest BCUT2D eigenvalue weighted by atomic mass is 32.2. The number of aromatic nitrogens is 5. The fraction of sp³-hybridized carbons (Fsp3) is 0.235. The first-order chi connectivity index (χ1) is 14.2. The summed E-state index contributed by atoms with van der Waals surface area (Å²) in [4.78, 5) is 28.7. The van der Waals surface area contributed by atoms with Gasteiger partial charge in [-0.25, -0.2) is 23.1 Å². The lowest BCUT2D eigenvalue weighted by molar-refractivity contribution is -0.141. The Balaban J connectivity index is 2.42. The van der Waals surface area contributed by atoms with Gasteiger partial charge in [-0.2, -0.15) is 35.1 Å². The Bertz CT molecular complexity index is 1070. The summed E-state index contributed by atoms with van der Waals surface area (Å²) in [6.45, 7) is 0. The number of rotatable bonds is 5. The van der Waals surface area contributed by atoms with Crippen LogP contribution in [0.1, 0.15) is 44.1 Å². The van der Waals surface area contributed by atoms with E-state index in [1.165, 1.54) is 24.6 Å². The highest BCUT2D eigenvalue weighted by Crippen LogP contribution is 2.38. The minimum Gasteiger partial charge on any atom is -0.267 e. The van der Waals surface area contributed by atoms with E-state index < -0.39 is 52.5 Å². The van der Waals surface area contributed by atoms with Crippen molar-refractivity contribution < 1.29 is 31.5 Å². The van der Waals surface area contributed by atoms with E-state index >= 15 is 0 Å². The lowest BCUT2D eigenvalue weighted by atomic mass is 9.97. The number of carbonyl (C=O) groups is 2. The Morgan fingerprint density at radius 3 is 1.97 bits per heavy atom. The maximum Gasteiger partial charge on any atom is 0.434 e. The van der Waals surface area contributed by atoms with E-state index in [1.54, 1.807) is 0 Å². The number of halogens is 5. The van der Waals surface area contributed by atoms with Gasteiger partial charge in [-0.05, 0) is 24.0 Å². The topological polar surface area (TPSA) is 82.7 Å². The third kappa shape index (κ3) is 3.97. The Labute approximate surface area is 169 Å². The maximum atomic E-state index is 13.7. The third-order valence-corrected chi connectivity index (χ3v) is 4.52. The van der Waals surface area contributed by atoms with Crippen LogP contribution >= 0.6 is 11.8 Å². The van der Waals surface area contributed by atoms with E-state index in [4.69, 9.17) is 0 Å². The monoisotopic (exact) mass is 445 g/mol. The van der Waals surface area contributed by atoms with Crippen LogP contribution in [0.3, 0.4) is 0 Å². The molecule has 3 aromatic heterocycles. The number of hydrogen-bond donors (Lipinski definition) is 0. The number of pyridine rings is 1. The van der Waals surface area contributed by atoms with Crippen LogP contribution in [0.25, 0.3) is 0 Å². The van der Waals surface area contributed by atoms with Gasteiger partial charge in [0, 0.05) is 30.5 Å². The molecule has 0 saturated heterocycles. The van der Waals surface area contributed by atoms with Crippen molar-refractivity contribution in [3.8, 4) is 0 Å². The first kappa shape index (κ1) is 21.6. The summed E-state index contributed by atoms with van der Waals surface area (Å²) in [5, 5.41) is 7.27. The number of nitrogens with zero attached hydrogens (tertiary/aromatic N) is 5. The summed E-state index contributed by atoms with van der Waals surface area (Å²) in [6.07, 6.45) is -2.65. The minimum absolute atomic E-state index is 0.337. The highest BCUT2D eigenvalue weighted by Gasteiger charge is 2.43.